The van der Waals surface area contributed by atoms with E-state index in [1.165, 1.54) is 23.9 Å². The molecule has 0 aliphatic carbocycles. The van der Waals surface area contributed by atoms with E-state index in [9.17, 15) is 9.59 Å². The van der Waals surface area contributed by atoms with E-state index in [0.717, 1.165) is 10.0 Å². The zero-order chi connectivity index (χ0) is 18.7. The van der Waals surface area contributed by atoms with Gasteiger partial charge in [-0.1, -0.05) is 34.1 Å². The summed E-state index contributed by atoms with van der Waals surface area (Å²) < 4.78 is 0.973. The van der Waals surface area contributed by atoms with Crippen molar-refractivity contribution in [2.24, 2.45) is 4.99 Å². The first-order chi connectivity index (χ1) is 12.5. The Bertz CT molecular complexity index is 923. The van der Waals surface area contributed by atoms with E-state index < -0.39 is 5.97 Å². The number of halogens is 1. The Morgan fingerprint density at radius 1 is 1.27 bits per heavy atom. The summed E-state index contributed by atoms with van der Waals surface area (Å²) in [5, 5.41) is 9.65. The van der Waals surface area contributed by atoms with Gasteiger partial charge in [-0.3, -0.25) is 9.69 Å². The SMILES string of the molecule is CCN1C(=O)/C(=C\c2ccc(Br)cc2)SC1=Nc1cccc(C(=O)O)c1. The van der Waals surface area contributed by atoms with E-state index in [2.05, 4.69) is 20.9 Å². The summed E-state index contributed by atoms with van der Waals surface area (Å²) in [5.74, 6) is -1.11. The molecule has 0 aromatic heterocycles. The fourth-order valence-electron chi connectivity index (χ4n) is 2.40. The number of carbonyl (C=O) groups is 2. The molecule has 132 valence electrons. The van der Waals surface area contributed by atoms with Crippen LogP contribution in [0, 0.1) is 0 Å². The molecule has 2 aromatic carbocycles. The second-order valence-corrected chi connectivity index (χ2v) is 7.39. The Morgan fingerprint density at radius 3 is 2.65 bits per heavy atom. The van der Waals surface area contributed by atoms with Crippen molar-refractivity contribution in [3.05, 3.63) is 69.0 Å². The van der Waals surface area contributed by atoms with Crippen molar-refractivity contribution in [2.75, 3.05) is 6.54 Å². The molecule has 0 saturated carbocycles. The number of aromatic carboxylic acids is 1. The highest BCUT2D eigenvalue weighted by molar-refractivity contribution is 9.10. The van der Waals surface area contributed by atoms with Crippen molar-refractivity contribution >= 4 is 56.5 Å². The third kappa shape index (κ3) is 4.05. The van der Waals surface area contributed by atoms with E-state index in [4.69, 9.17) is 5.11 Å². The Morgan fingerprint density at radius 2 is 2.00 bits per heavy atom. The number of amidine groups is 1. The second kappa shape index (κ2) is 7.88. The summed E-state index contributed by atoms with van der Waals surface area (Å²) in [7, 11) is 0. The van der Waals surface area contributed by atoms with Crippen molar-refractivity contribution in [2.45, 2.75) is 6.92 Å². The van der Waals surface area contributed by atoms with E-state index in [1.54, 1.807) is 17.0 Å². The quantitative estimate of drug-likeness (QED) is 0.708. The van der Waals surface area contributed by atoms with Crippen LogP contribution in [0.25, 0.3) is 6.08 Å². The van der Waals surface area contributed by atoms with Gasteiger partial charge >= 0.3 is 5.97 Å². The van der Waals surface area contributed by atoms with Gasteiger partial charge in [0.05, 0.1) is 16.2 Å². The molecular weight excluding hydrogens is 416 g/mol. The maximum atomic E-state index is 12.6. The van der Waals surface area contributed by atoms with Gasteiger partial charge in [0.1, 0.15) is 0 Å². The molecule has 7 heteroatoms. The number of carbonyl (C=O) groups excluding carboxylic acids is 1. The van der Waals surface area contributed by atoms with Crippen LogP contribution in [0.15, 0.2) is 62.9 Å². The number of aliphatic imine (C=N–C) groups is 1. The maximum absolute atomic E-state index is 12.6. The fraction of sp³-hybridized carbons (Fsp3) is 0.105. The molecule has 2 aromatic rings. The van der Waals surface area contributed by atoms with E-state index in [0.29, 0.717) is 22.3 Å². The molecule has 1 N–H and O–H groups in total. The minimum absolute atomic E-state index is 0.103. The van der Waals surface area contributed by atoms with E-state index in [1.807, 2.05) is 37.3 Å². The van der Waals surface area contributed by atoms with Gasteiger partial charge in [-0.05, 0) is 60.7 Å². The number of hydrogen-bond acceptors (Lipinski definition) is 4. The number of nitrogens with zero attached hydrogens (tertiary/aromatic N) is 2. The average molecular weight is 431 g/mol. The molecule has 5 nitrogen and oxygen atoms in total. The van der Waals surface area contributed by atoms with Gasteiger partial charge in [-0.25, -0.2) is 9.79 Å². The van der Waals surface area contributed by atoms with Gasteiger partial charge in [-0.15, -0.1) is 0 Å². The van der Waals surface area contributed by atoms with E-state index in [-0.39, 0.29) is 11.5 Å². The summed E-state index contributed by atoms with van der Waals surface area (Å²) in [6.45, 7) is 2.37. The minimum Gasteiger partial charge on any atom is -0.478 e. The van der Waals surface area contributed by atoms with Crippen molar-refractivity contribution in [1.82, 2.24) is 4.90 Å². The number of amides is 1. The number of hydrogen-bond donors (Lipinski definition) is 1. The van der Waals surface area contributed by atoms with Gasteiger partial charge in [0.2, 0.25) is 0 Å². The lowest BCUT2D eigenvalue weighted by atomic mass is 10.2. The lowest BCUT2D eigenvalue weighted by Gasteiger charge is -2.12. The first-order valence-electron chi connectivity index (χ1n) is 7.87. The zero-order valence-corrected chi connectivity index (χ0v) is 16.3. The fourth-order valence-corrected chi connectivity index (χ4v) is 3.73. The summed E-state index contributed by atoms with van der Waals surface area (Å²) in [6.07, 6.45) is 1.83. The molecular formula is C19H15BrN2O3S. The third-order valence-corrected chi connectivity index (χ3v) is 5.23. The van der Waals surface area contributed by atoms with Crippen LogP contribution in [0.5, 0.6) is 0 Å². The number of likely N-dealkylation sites (N-methyl/N-ethyl adjacent to an activating group) is 1. The maximum Gasteiger partial charge on any atom is 0.335 e. The Labute approximate surface area is 163 Å². The van der Waals surface area contributed by atoms with Gasteiger partial charge < -0.3 is 5.11 Å². The molecule has 0 spiro atoms. The first kappa shape index (κ1) is 18.4. The van der Waals surface area contributed by atoms with Gasteiger partial charge in [0.15, 0.2) is 5.17 Å². The average Bonchev–Trinajstić information content (AvgIpc) is 2.91. The molecule has 0 bridgehead atoms. The smallest absolute Gasteiger partial charge is 0.335 e. The molecule has 26 heavy (non-hydrogen) atoms. The van der Waals surface area contributed by atoms with Crippen LogP contribution in [-0.4, -0.2) is 33.6 Å². The van der Waals surface area contributed by atoms with Crippen LogP contribution in [0.2, 0.25) is 0 Å². The van der Waals surface area contributed by atoms with Crippen molar-refractivity contribution in [3.63, 3.8) is 0 Å². The standard InChI is InChI=1S/C19H15BrN2O3S/c1-2-22-17(23)16(10-12-6-8-14(20)9-7-12)26-19(22)21-15-5-3-4-13(11-15)18(24)25/h3-11H,2H2,1H3,(H,24,25)/b16-10+,21-19?. The Balaban J connectivity index is 1.93. The second-order valence-electron chi connectivity index (χ2n) is 5.46. The number of thioether (sulfide) groups is 1. The summed E-state index contributed by atoms with van der Waals surface area (Å²) in [6, 6.07) is 14.0. The largest absolute Gasteiger partial charge is 0.478 e. The Hall–Kier alpha value is -2.38. The van der Waals surface area contributed by atoms with Crippen LogP contribution in [-0.2, 0) is 4.79 Å². The van der Waals surface area contributed by atoms with Crippen molar-refractivity contribution in [1.29, 1.82) is 0 Å². The third-order valence-electron chi connectivity index (χ3n) is 3.69. The van der Waals surface area contributed by atoms with Crippen molar-refractivity contribution < 1.29 is 14.7 Å². The predicted molar refractivity (Wildman–Crippen MR) is 108 cm³/mol. The highest BCUT2D eigenvalue weighted by Crippen LogP contribution is 2.34. The lowest BCUT2D eigenvalue weighted by Crippen LogP contribution is -2.28. The monoisotopic (exact) mass is 430 g/mol. The Kier molecular flexibility index (Phi) is 5.58. The first-order valence-corrected chi connectivity index (χ1v) is 9.48. The van der Waals surface area contributed by atoms with E-state index >= 15 is 0 Å². The normalized spacial score (nSPS) is 17.3. The van der Waals surface area contributed by atoms with Crippen molar-refractivity contribution in [3.8, 4) is 0 Å². The lowest BCUT2D eigenvalue weighted by molar-refractivity contribution is -0.122. The summed E-state index contributed by atoms with van der Waals surface area (Å²) >= 11 is 4.68. The van der Waals surface area contributed by atoms with Crippen LogP contribution in [0.1, 0.15) is 22.8 Å². The molecule has 1 fully saturated rings. The van der Waals surface area contributed by atoms with Gasteiger partial charge in [0.25, 0.3) is 5.91 Å². The molecule has 1 saturated heterocycles. The number of benzene rings is 2. The molecule has 0 unspecified atom stereocenters. The molecule has 0 atom stereocenters. The van der Waals surface area contributed by atoms with Gasteiger partial charge in [0, 0.05) is 11.0 Å². The van der Waals surface area contributed by atoms with Gasteiger partial charge in [-0.2, -0.15) is 0 Å². The minimum atomic E-state index is -1.01. The predicted octanol–water partition coefficient (Wildman–Crippen LogP) is 4.77. The van der Waals surface area contributed by atoms with Crippen LogP contribution < -0.4 is 0 Å². The van der Waals surface area contributed by atoms with Crippen LogP contribution >= 0.6 is 27.7 Å². The molecule has 0 radical (unpaired) electrons. The summed E-state index contributed by atoms with van der Waals surface area (Å²) in [5.41, 5.74) is 1.59. The number of rotatable bonds is 4. The van der Waals surface area contributed by atoms with Crippen LogP contribution in [0.3, 0.4) is 0 Å². The molecule has 1 heterocycles. The summed E-state index contributed by atoms with van der Waals surface area (Å²) in [4.78, 5) is 30.4. The zero-order valence-electron chi connectivity index (χ0n) is 13.8. The molecule has 1 aliphatic heterocycles. The molecule has 1 amide bonds. The molecule has 3 rings (SSSR count). The number of carboxylic acids is 1. The molecule has 1 aliphatic rings. The van der Waals surface area contributed by atoms with Crippen LogP contribution in [0.4, 0.5) is 5.69 Å². The highest BCUT2D eigenvalue weighted by Gasteiger charge is 2.32. The number of carboxylic acid groups (broad SMARTS) is 1. The topological polar surface area (TPSA) is 70.0 Å². The highest BCUT2D eigenvalue weighted by atomic mass is 79.9.